The van der Waals surface area contributed by atoms with Crippen LogP contribution in [-0.2, 0) is 14.8 Å². The summed E-state index contributed by atoms with van der Waals surface area (Å²) in [5.41, 5.74) is 2.04. The highest BCUT2D eigenvalue weighted by Gasteiger charge is 2.28. The van der Waals surface area contributed by atoms with E-state index < -0.39 is 10.0 Å². The molecule has 3 aromatic rings. The summed E-state index contributed by atoms with van der Waals surface area (Å²) in [4.78, 5) is 24.3. The van der Waals surface area contributed by atoms with Gasteiger partial charge in [0.15, 0.2) is 0 Å². The minimum Gasteiger partial charge on any atom is -0.326 e. The molecule has 0 aliphatic carbocycles. The van der Waals surface area contributed by atoms with E-state index in [4.69, 9.17) is 11.6 Å². The average molecular weight is 458 g/mol. The number of benzene rings is 3. The third kappa shape index (κ3) is 4.22. The molecular formula is C22H20ClN3O4S. The molecule has 7 nitrogen and oxygen atoms in total. The fourth-order valence-corrected chi connectivity index (χ4v) is 5.50. The number of anilines is 3. The smallest absolute Gasteiger partial charge is 0.255 e. The molecule has 1 fully saturated rings. The van der Waals surface area contributed by atoms with E-state index in [1.165, 1.54) is 11.2 Å². The molecule has 4 rings (SSSR count). The third-order valence-electron chi connectivity index (χ3n) is 5.07. The molecule has 0 spiro atoms. The first-order valence-corrected chi connectivity index (χ1v) is 11.7. The predicted molar refractivity (Wildman–Crippen MR) is 123 cm³/mol. The van der Waals surface area contributed by atoms with Crippen molar-refractivity contribution in [3.63, 3.8) is 0 Å². The maximum absolute atomic E-state index is 12.8. The second-order valence-electron chi connectivity index (χ2n) is 7.25. The van der Waals surface area contributed by atoms with Crippen LogP contribution in [0, 0.1) is 0 Å². The number of halogens is 1. The Morgan fingerprint density at radius 1 is 0.968 bits per heavy atom. The number of amides is 2. The minimum absolute atomic E-state index is 0.138. The molecule has 1 heterocycles. The maximum atomic E-state index is 12.8. The fraction of sp³-hybridized carbons (Fsp3) is 0.182. The zero-order chi connectivity index (χ0) is 22.2. The van der Waals surface area contributed by atoms with E-state index in [9.17, 15) is 18.0 Å². The van der Waals surface area contributed by atoms with Crippen molar-refractivity contribution >= 4 is 61.3 Å². The van der Waals surface area contributed by atoms with E-state index in [1.807, 2.05) is 6.07 Å². The summed E-state index contributed by atoms with van der Waals surface area (Å²) >= 11 is 6.36. The molecular weight excluding hydrogens is 438 g/mol. The summed E-state index contributed by atoms with van der Waals surface area (Å²) in [6, 6.07) is 15.1. The Kier molecular flexibility index (Phi) is 5.60. The monoisotopic (exact) mass is 457 g/mol. The Morgan fingerprint density at radius 2 is 1.71 bits per heavy atom. The van der Waals surface area contributed by atoms with Crippen LogP contribution in [0.1, 0.15) is 23.7 Å². The van der Waals surface area contributed by atoms with Gasteiger partial charge in [-0.15, -0.1) is 0 Å². The Bertz CT molecular complexity index is 1290. The van der Waals surface area contributed by atoms with Crippen LogP contribution < -0.4 is 14.9 Å². The van der Waals surface area contributed by atoms with Gasteiger partial charge in [0.05, 0.1) is 22.2 Å². The first kappa shape index (κ1) is 21.1. The largest absolute Gasteiger partial charge is 0.326 e. The fourth-order valence-electron chi connectivity index (χ4n) is 3.67. The lowest BCUT2D eigenvalue weighted by molar-refractivity contribution is -0.114. The van der Waals surface area contributed by atoms with Crippen molar-refractivity contribution in [1.29, 1.82) is 0 Å². The van der Waals surface area contributed by atoms with Gasteiger partial charge in [0.2, 0.25) is 15.9 Å². The van der Waals surface area contributed by atoms with Crippen molar-refractivity contribution in [2.45, 2.75) is 13.3 Å². The number of sulfonamides is 1. The van der Waals surface area contributed by atoms with Crippen LogP contribution in [-0.4, -0.2) is 32.5 Å². The molecule has 1 aliphatic heterocycles. The van der Waals surface area contributed by atoms with Gasteiger partial charge in [-0.2, -0.15) is 0 Å². The normalized spacial score (nSPS) is 15.1. The predicted octanol–water partition coefficient (Wildman–Crippen LogP) is 4.24. The van der Waals surface area contributed by atoms with Crippen LogP contribution in [0.3, 0.4) is 0 Å². The first-order valence-electron chi connectivity index (χ1n) is 9.67. The highest BCUT2D eigenvalue weighted by atomic mass is 35.5. The van der Waals surface area contributed by atoms with Crippen LogP contribution in [0.5, 0.6) is 0 Å². The number of nitrogens with one attached hydrogen (secondary N) is 2. The molecule has 2 N–H and O–H groups in total. The Labute approximate surface area is 185 Å². The van der Waals surface area contributed by atoms with Gasteiger partial charge in [0.1, 0.15) is 0 Å². The van der Waals surface area contributed by atoms with Crippen molar-refractivity contribution in [3.8, 4) is 0 Å². The molecule has 3 aromatic carbocycles. The summed E-state index contributed by atoms with van der Waals surface area (Å²) in [6.45, 7) is 1.86. The van der Waals surface area contributed by atoms with E-state index in [1.54, 1.807) is 48.5 Å². The van der Waals surface area contributed by atoms with Crippen LogP contribution >= 0.6 is 11.6 Å². The zero-order valence-corrected chi connectivity index (χ0v) is 18.3. The molecule has 0 aromatic heterocycles. The van der Waals surface area contributed by atoms with E-state index in [-0.39, 0.29) is 17.6 Å². The Hall–Kier alpha value is -3.10. The van der Waals surface area contributed by atoms with Gasteiger partial charge in [-0.05, 0) is 48.9 Å². The number of rotatable bonds is 4. The quantitative estimate of drug-likeness (QED) is 0.612. The van der Waals surface area contributed by atoms with Gasteiger partial charge < -0.3 is 10.6 Å². The number of carbonyl (C=O) groups excluding carboxylic acids is 2. The Balaban J connectivity index is 1.62. The van der Waals surface area contributed by atoms with Gasteiger partial charge in [-0.25, -0.2) is 8.42 Å². The molecule has 1 aliphatic rings. The van der Waals surface area contributed by atoms with Crippen molar-refractivity contribution in [1.82, 2.24) is 0 Å². The molecule has 9 heteroatoms. The standard InChI is InChI=1S/C22H20ClN3O4S/c1-14(27)24-20-5-2-4-17-19(11-10-18(23)21(17)20)25-22(28)15-6-8-16(9-7-15)26-12-3-13-31(26,29)30/h2,4-11H,3,12-13H2,1H3,(H,24,27)(H,25,28). The second-order valence-corrected chi connectivity index (χ2v) is 9.67. The molecule has 0 bridgehead atoms. The summed E-state index contributed by atoms with van der Waals surface area (Å²) in [5, 5.41) is 7.39. The number of fused-ring (bicyclic) bond motifs is 1. The second kappa shape index (κ2) is 8.20. The molecule has 160 valence electrons. The van der Waals surface area contributed by atoms with E-state index >= 15 is 0 Å². The van der Waals surface area contributed by atoms with Crippen molar-refractivity contribution in [2.24, 2.45) is 0 Å². The van der Waals surface area contributed by atoms with Crippen LogP contribution in [0.25, 0.3) is 10.8 Å². The highest BCUT2D eigenvalue weighted by molar-refractivity contribution is 7.93. The molecule has 2 amide bonds. The van der Waals surface area contributed by atoms with Gasteiger partial charge in [-0.1, -0.05) is 23.7 Å². The van der Waals surface area contributed by atoms with Crippen molar-refractivity contribution in [2.75, 3.05) is 27.2 Å². The van der Waals surface area contributed by atoms with Gasteiger partial charge in [0, 0.05) is 35.5 Å². The van der Waals surface area contributed by atoms with E-state index in [0.29, 0.717) is 51.4 Å². The van der Waals surface area contributed by atoms with Crippen LogP contribution in [0.2, 0.25) is 5.02 Å². The lowest BCUT2D eigenvalue weighted by Crippen LogP contribution is -2.25. The highest BCUT2D eigenvalue weighted by Crippen LogP contribution is 2.35. The summed E-state index contributed by atoms with van der Waals surface area (Å²) in [5.74, 6) is -0.429. The average Bonchev–Trinajstić information content (AvgIpc) is 3.09. The number of nitrogens with zero attached hydrogens (tertiary/aromatic N) is 1. The molecule has 0 atom stereocenters. The first-order chi connectivity index (χ1) is 14.8. The van der Waals surface area contributed by atoms with Gasteiger partial charge in [0.25, 0.3) is 5.91 Å². The van der Waals surface area contributed by atoms with E-state index in [2.05, 4.69) is 10.6 Å². The molecule has 31 heavy (non-hydrogen) atoms. The maximum Gasteiger partial charge on any atom is 0.255 e. The number of carbonyl (C=O) groups is 2. The molecule has 0 radical (unpaired) electrons. The topological polar surface area (TPSA) is 95.6 Å². The molecule has 0 unspecified atom stereocenters. The van der Waals surface area contributed by atoms with Crippen molar-refractivity contribution < 1.29 is 18.0 Å². The molecule has 0 saturated carbocycles. The van der Waals surface area contributed by atoms with Crippen LogP contribution in [0.15, 0.2) is 54.6 Å². The lowest BCUT2D eigenvalue weighted by atomic mass is 10.1. The SMILES string of the molecule is CC(=O)Nc1cccc2c(NC(=O)c3ccc(N4CCCS4(=O)=O)cc3)ccc(Cl)c12. The Morgan fingerprint density at radius 3 is 2.35 bits per heavy atom. The van der Waals surface area contributed by atoms with Gasteiger partial charge >= 0.3 is 0 Å². The third-order valence-corrected chi connectivity index (χ3v) is 7.25. The molecule has 1 saturated heterocycles. The summed E-state index contributed by atoms with van der Waals surface area (Å²) in [6.07, 6.45) is 0.592. The van der Waals surface area contributed by atoms with Crippen LogP contribution in [0.4, 0.5) is 17.1 Å². The number of hydrogen-bond acceptors (Lipinski definition) is 4. The number of hydrogen-bond donors (Lipinski definition) is 2. The zero-order valence-electron chi connectivity index (χ0n) is 16.7. The summed E-state index contributed by atoms with van der Waals surface area (Å²) in [7, 11) is -3.27. The van der Waals surface area contributed by atoms with Gasteiger partial charge in [-0.3, -0.25) is 13.9 Å². The lowest BCUT2D eigenvalue weighted by Gasteiger charge is -2.17. The minimum atomic E-state index is -3.27. The van der Waals surface area contributed by atoms with Crippen molar-refractivity contribution in [3.05, 3.63) is 65.2 Å². The van der Waals surface area contributed by atoms with E-state index in [0.717, 1.165) is 0 Å². The summed E-state index contributed by atoms with van der Waals surface area (Å²) < 4.78 is 25.5.